The molecule has 1 unspecified atom stereocenters. The number of aliphatic hydroxyl groups is 2. The lowest BCUT2D eigenvalue weighted by Gasteiger charge is -2.18. The van der Waals surface area contributed by atoms with Crippen LogP contribution in [-0.4, -0.2) is 41.8 Å². The summed E-state index contributed by atoms with van der Waals surface area (Å²) in [7, 11) is 0. The first-order valence-corrected chi connectivity index (χ1v) is 9.33. The molecule has 5 nitrogen and oxygen atoms in total. The van der Waals surface area contributed by atoms with E-state index >= 15 is 0 Å². The van der Waals surface area contributed by atoms with Crippen molar-refractivity contribution >= 4 is 28.3 Å². The van der Waals surface area contributed by atoms with Gasteiger partial charge in [0.05, 0.1) is 18.3 Å². The number of ketones is 1. The van der Waals surface area contributed by atoms with Crippen molar-refractivity contribution < 1.29 is 15.0 Å². The number of carbonyl (C=O) groups excluding carboxylic acids is 1. The molecule has 27 heavy (non-hydrogen) atoms. The second kappa shape index (κ2) is 8.81. The minimum Gasteiger partial charge on any atom is -0.394 e. The van der Waals surface area contributed by atoms with E-state index in [4.69, 9.17) is 5.11 Å². The molecule has 1 fully saturated rings. The van der Waals surface area contributed by atoms with Crippen molar-refractivity contribution in [1.82, 2.24) is 0 Å². The molecule has 1 saturated heterocycles. The van der Waals surface area contributed by atoms with Gasteiger partial charge in [0.15, 0.2) is 5.78 Å². The van der Waals surface area contributed by atoms with E-state index in [0.717, 1.165) is 29.4 Å². The Balaban J connectivity index is 1.79. The molecule has 5 heteroatoms. The number of anilines is 1. The maximum absolute atomic E-state index is 12.2. The van der Waals surface area contributed by atoms with Gasteiger partial charge in [-0.25, -0.2) is 0 Å². The minimum atomic E-state index is -0.931. The summed E-state index contributed by atoms with van der Waals surface area (Å²) >= 11 is 0. The highest BCUT2D eigenvalue weighted by molar-refractivity contribution is 6.03. The molecule has 2 aromatic rings. The predicted octanol–water partition coefficient (Wildman–Crippen LogP) is 3.05. The van der Waals surface area contributed by atoms with E-state index < -0.39 is 6.10 Å². The summed E-state index contributed by atoms with van der Waals surface area (Å²) in [5, 5.41) is 29.7. The number of hydrogen-bond acceptors (Lipinski definition) is 5. The first-order valence-electron chi connectivity index (χ1n) is 9.33. The van der Waals surface area contributed by atoms with Crippen LogP contribution in [0.1, 0.15) is 31.2 Å². The lowest BCUT2D eigenvalue weighted by molar-refractivity contribution is -0.115. The molecule has 0 radical (unpaired) electrons. The Bertz CT molecular complexity index is 892. The molecule has 140 valence electrons. The molecule has 0 saturated carbocycles. The molecule has 0 spiro atoms. The molecule has 0 bridgehead atoms. The van der Waals surface area contributed by atoms with Gasteiger partial charge in [-0.15, -0.1) is 0 Å². The summed E-state index contributed by atoms with van der Waals surface area (Å²) in [6.45, 7) is 1.82. The molecule has 3 rings (SSSR count). The van der Waals surface area contributed by atoms with Crippen LogP contribution in [0.5, 0.6) is 0 Å². The monoisotopic (exact) mass is 364 g/mol. The maximum atomic E-state index is 12.2. The maximum Gasteiger partial charge on any atom is 0.173 e. The third-order valence-corrected chi connectivity index (χ3v) is 4.97. The van der Waals surface area contributed by atoms with Crippen LogP contribution in [0.15, 0.2) is 42.0 Å². The molecule has 1 atom stereocenters. The van der Waals surface area contributed by atoms with Crippen molar-refractivity contribution in [3.05, 3.63) is 47.5 Å². The molecule has 0 amide bonds. The first kappa shape index (κ1) is 19.1. The van der Waals surface area contributed by atoms with Gasteiger partial charge < -0.3 is 15.1 Å². The third kappa shape index (κ3) is 4.73. The average molecular weight is 364 g/mol. The molecule has 0 aliphatic carbocycles. The molecule has 1 aliphatic rings. The van der Waals surface area contributed by atoms with E-state index in [1.165, 1.54) is 18.5 Å². The number of fused-ring (bicyclic) bond motifs is 1. The number of carbonyl (C=O) groups is 1. The van der Waals surface area contributed by atoms with E-state index in [0.29, 0.717) is 0 Å². The van der Waals surface area contributed by atoms with E-state index in [1.54, 1.807) is 6.08 Å². The highest BCUT2D eigenvalue weighted by Crippen LogP contribution is 2.26. The fourth-order valence-electron chi connectivity index (χ4n) is 3.38. The Hall–Kier alpha value is -2.68. The fraction of sp³-hybridized carbons (Fsp3) is 0.364. The Morgan fingerprint density at radius 2 is 1.89 bits per heavy atom. The van der Waals surface area contributed by atoms with Crippen LogP contribution in [0, 0.1) is 11.3 Å². The largest absolute Gasteiger partial charge is 0.394 e. The van der Waals surface area contributed by atoms with Crippen molar-refractivity contribution in [1.29, 1.82) is 5.26 Å². The Labute approximate surface area is 159 Å². The summed E-state index contributed by atoms with van der Waals surface area (Å²) in [5.74, 6) is -0.325. The van der Waals surface area contributed by atoms with Crippen LogP contribution >= 0.6 is 0 Å². The summed E-state index contributed by atoms with van der Waals surface area (Å²) < 4.78 is 0. The number of benzene rings is 2. The van der Waals surface area contributed by atoms with Gasteiger partial charge in [0, 0.05) is 25.2 Å². The number of allylic oxidation sites excluding steroid dienone is 1. The van der Waals surface area contributed by atoms with Gasteiger partial charge >= 0.3 is 0 Å². The standard InChI is InChI=1S/C22H24N2O3/c23-14-19(22(27)8-7-21(26)15-25)12-16-3-4-18-13-20(6-5-17(18)11-16)24-9-1-2-10-24/h3-6,11-13,21,25-26H,1-2,7-10,15H2/b19-12+. The van der Waals surface area contributed by atoms with Crippen LogP contribution in [0.4, 0.5) is 5.69 Å². The lowest BCUT2D eigenvalue weighted by Crippen LogP contribution is -2.17. The fourth-order valence-corrected chi connectivity index (χ4v) is 3.38. The van der Waals surface area contributed by atoms with Crippen LogP contribution in [0.2, 0.25) is 0 Å². The number of hydrogen-bond donors (Lipinski definition) is 2. The summed E-state index contributed by atoms with van der Waals surface area (Å²) in [6, 6.07) is 14.2. The molecule has 1 aliphatic heterocycles. The van der Waals surface area contributed by atoms with E-state index in [-0.39, 0.29) is 30.8 Å². The van der Waals surface area contributed by atoms with Crippen molar-refractivity contribution in [2.45, 2.75) is 31.8 Å². The van der Waals surface area contributed by atoms with E-state index in [1.807, 2.05) is 24.3 Å². The Morgan fingerprint density at radius 3 is 2.59 bits per heavy atom. The zero-order valence-corrected chi connectivity index (χ0v) is 15.3. The van der Waals surface area contributed by atoms with E-state index in [9.17, 15) is 15.2 Å². The second-order valence-corrected chi connectivity index (χ2v) is 6.95. The predicted molar refractivity (Wildman–Crippen MR) is 106 cm³/mol. The number of Topliss-reactive ketones (excluding diaryl/α,β-unsaturated/α-hetero) is 1. The first-order chi connectivity index (χ1) is 13.1. The third-order valence-electron chi connectivity index (χ3n) is 4.97. The van der Waals surface area contributed by atoms with E-state index in [2.05, 4.69) is 23.1 Å². The molecule has 2 N–H and O–H groups in total. The zero-order chi connectivity index (χ0) is 19.2. The van der Waals surface area contributed by atoms with Gasteiger partial charge in [-0.1, -0.05) is 18.2 Å². The average Bonchev–Trinajstić information content (AvgIpc) is 3.24. The van der Waals surface area contributed by atoms with Gasteiger partial charge in [-0.05, 0) is 59.9 Å². The molecule has 1 heterocycles. The van der Waals surface area contributed by atoms with Gasteiger partial charge in [-0.2, -0.15) is 5.26 Å². The van der Waals surface area contributed by atoms with Gasteiger partial charge in [-0.3, -0.25) is 4.79 Å². The smallest absolute Gasteiger partial charge is 0.173 e. The lowest BCUT2D eigenvalue weighted by atomic mass is 10.0. The van der Waals surface area contributed by atoms with Crippen LogP contribution in [0.25, 0.3) is 16.8 Å². The SMILES string of the molecule is N#C/C(=C\c1ccc2cc(N3CCCC3)ccc2c1)C(=O)CCC(O)CO. The number of nitrogens with zero attached hydrogens (tertiary/aromatic N) is 2. The normalized spacial score (nSPS) is 15.7. The highest BCUT2D eigenvalue weighted by Gasteiger charge is 2.14. The topological polar surface area (TPSA) is 84.6 Å². The number of nitriles is 1. The quantitative estimate of drug-likeness (QED) is 0.583. The number of rotatable bonds is 7. The van der Waals surface area contributed by atoms with Crippen LogP contribution < -0.4 is 4.90 Å². The Morgan fingerprint density at radius 1 is 1.19 bits per heavy atom. The molecule has 2 aromatic carbocycles. The molecular weight excluding hydrogens is 340 g/mol. The molecular formula is C22H24N2O3. The van der Waals surface area contributed by atoms with Crippen molar-refractivity contribution in [3.8, 4) is 6.07 Å². The van der Waals surface area contributed by atoms with Crippen molar-refractivity contribution in [3.63, 3.8) is 0 Å². The summed E-state index contributed by atoms with van der Waals surface area (Å²) in [6.07, 6.45) is 3.31. The Kier molecular flexibility index (Phi) is 6.23. The minimum absolute atomic E-state index is 0.0356. The van der Waals surface area contributed by atoms with Gasteiger partial charge in [0.1, 0.15) is 6.07 Å². The van der Waals surface area contributed by atoms with Crippen molar-refractivity contribution in [2.24, 2.45) is 0 Å². The zero-order valence-electron chi connectivity index (χ0n) is 15.3. The second-order valence-electron chi connectivity index (χ2n) is 6.95. The van der Waals surface area contributed by atoms with Gasteiger partial charge in [0.2, 0.25) is 0 Å². The van der Waals surface area contributed by atoms with Crippen LogP contribution in [-0.2, 0) is 4.79 Å². The highest BCUT2D eigenvalue weighted by atomic mass is 16.3. The summed E-state index contributed by atoms with van der Waals surface area (Å²) in [5.41, 5.74) is 2.09. The van der Waals surface area contributed by atoms with Gasteiger partial charge in [0.25, 0.3) is 0 Å². The molecule has 0 aromatic heterocycles. The van der Waals surface area contributed by atoms with Crippen LogP contribution in [0.3, 0.4) is 0 Å². The summed E-state index contributed by atoms with van der Waals surface area (Å²) in [4.78, 5) is 14.6. The van der Waals surface area contributed by atoms with Crippen molar-refractivity contribution in [2.75, 3.05) is 24.6 Å². The number of aliphatic hydroxyl groups excluding tert-OH is 2.